The molecule has 0 atom stereocenters. The molecule has 0 radical (unpaired) electrons. The third-order valence-electron chi connectivity index (χ3n) is 3.72. The lowest BCUT2D eigenvalue weighted by Crippen LogP contribution is -2.11. The van der Waals surface area contributed by atoms with Gasteiger partial charge in [-0.15, -0.1) is 0 Å². The third kappa shape index (κ3) is 3.21. The monoisotopic (exact) mass is 367 g/mol. The van der Waals surface area contributed by atoms with Crippen LogP contribution in [-0.4, -0.2) is 17.6 Å². The number of para-hydroxylation sites is 1. The highest BCUT2D eigenvalue weighted by molar-refractivity contribution is 6.32. The number of carbonyl (C=O) groups excluding carboxylic acids is 1. The Balaban J connectivity index is 1.96. The highest BCUT2D eigenvalue weighted by Crippen LogP contribution is 2.30. The van der Waals surface area contributed by atoms with Crippen molar-refractivity contribution in [3.63, 3.8) is 0 Å². The molecular formula is C19H14ClN3O3. The van der Waals surface area contributed by atoms with Gasteiger partial charge in [-0.25, -0.2) is 4.79 Å². The molecule has 0 spiro atoms. The average Bonchev–Trinajstić information content (AvgIpc) is 3.00. The quantitative estimate of drug-likeness (QED) is 0.699. The number of esters is 1. The van der Waals surface area contributed by atoms with Gasteiger partial charge in [0.1, 0.15) is 17.6 Å². The highest BCUT2D eigenvalue weighted by atomic mass is 35.5. The Morgan fingerprint density at radius 2 is 1.88 bits per heavy atom. The second-order valence-corrected chi connectivity index (χ2v) is 5.71. The SMILES string of the molecule is COC(=O)c1c(N)c(C#N)cn1-c1ccc(Oc2ccccc2Cl)cc1. The van der Waals surface area contributed by atoms with E-state index < -0.39 is 5.97 Å². The number of aromatic nitrogens is 1. The van der Waals surface area contributed by atoms with Gasteiger partial charge in [-0.2, -0.15) is 5.26 Å². The Bertz CT molecular complexity index is 1000. The van der Waals surface area contributed by atoms with E-state index in [9.17, 15) is 4.79 Å². The molecule has 0 fully saturated rings. The van der Waals surface area contributed by atoms with Gasteiger partial charge >= 0.3 is 5.97 Å². The number of carbonyl (C=O) groups is 1. The molecule has 3 rings (SSSR count). The van der Waals surface area contributed by atoms with Crippen molar-refractivity contribution < 1.29 is 14.3 Å². The number of nitrogens with two attached hydrogens (primary N) is 1. The van der Waals surface area contributed by atoms with Crippen LogP contribution < -0.4 is 10.5 Å². The van der Waals surface area contributed by atoms with Crippen molar-refractivity contribution in [1.29, 1.82) is 5.26 Å². The zero-order valence-corrected chi connectivity index (χ0v) is 14.5. The minimum atomic E-state index is -0.625. The third-order valence-corrected chi connectivity index (χ3v) is 4.04. The molecule has 0 aliphatic rings. The van der Waals surface area contributed by atoms with E-state index >= 15 is 0 Å². The summed E-state index contributed by atoms with van der Waals surface area (Å²) in [5.74, 6) is 0.483. The van der Waals surface area contributed by atoms with Crippen LogP contribution in [0.1, 0.15) is 16.1 Å². The Labute approximate surface area is 154 Å². The number of rotatable bonds is 4. The molecule has 0 amide bonds. The Morgan fingerprint density at radius 3 is 2.50 bits per heavy atom. The molecule has 2 N–H and O–H groups in total. The molecule has 7 heteroatoms. The van der Waals surface area contributed by atoms with Gasteiger partial charge in [0.15, 0.2) is 5.69 Å². The fraction of sp³-hybridized carbons (Fsp3) is 0.0526. The van der Waals surface area contributed by atoms with E-state index in [0.29, 0.717) is 22.2 Å². The van der Waals surface area contributed by atoms with Gasteiger partial charge in [0.25, 0.3) is 0 Å². The van der Waals surface area contributed by atoms with Crippen molar-refractivity contribution in [1.82, 2.24) is 4.57 Å². The first-order chi connectivity index (χ1) is 12.5. The lowest BCUT2D eigenvalue weighted by Gasteiger charge is -2.10. The number of methoxy groups -OCH3 is 1. The van der Waals surface area contributed by atoms with Crippen molar-refractivity contribution >= 4 is 23.3 Å². The summed E-state index contributed by atoms with van der Waals surface area (Å²) in [6.45, 7) is 0. The average molecular weight is 368 g/mol. The minimum Gasteiger partial charge on any atom is -0.464 e. The number of hydrogen-bond donors (Lipinski definition) is 1. The maximum atomic E-state index is 12.0. The van der Waals surface area contributed by atoms with Crippen LogP contribution in [0.15, 0.2) is 54.7 Å². The largest absolute Gasteiger partial charge is 0.464 e. The number of nitrogen functional groups attached to an aromatic ring is 1. The van der Waals surface area contributed by atoms with E-state index in [1.165, 1.54) is 17.9 Å². The summed E-state index contributed by atoms with van der Waals surface area (Å²) in [5.41, 5.74) is 6.90. The number of anilines is 1. The molecule has 2 aromatic carbocycles. The topological polar surface area (TPSA) is 90.3 Å². The molecule has 3 aromatic rings. The lowest BCUT2D eigenvalue weighted by atomic mass is 10.2. The van der Waals surface area contributed by atoms with Gasteiger partial charge in [-0.3, -0.25) is 0 Å². The van der Waals surface area contributed by atoms with Crippen molar-refractivity contribution in [2.24, 2.45) is 0 Å². The molecule has 26 heavy (non-hydrogen) atoms. The summed E-state index contributed by atoms with van der Waals surface area (Å²) in [6, 6.07) is 16.0. The van der Waals surface area contributed by atoms with E-state index in [1.54, 1.807) is 36.4 Å². The predicted octanol–water partition coefficient (Wildman–Crippen LogP) is 4.16. The van der Waals surface area contributed by atoms with E-state index in [1.807, 2.05) is 18.2 Å². The van der Waals surface area contributed by atoms with E-state index in [4.69, 9.17) is 32.1 Å². The summed E-state index contributed by atoms with van der Waals surface area (Å²) in [7, 11) is 1.26. The van der Waals surface area contributed by atoms with Crippen molar-refractivity contribution in [3.05, 3.63) is 71.0 Å². The number of hydrogen-bond acceptors (Lipinski definition) is 5. The number of nitriles is 1. The van der Waals surface area contributed by atoms with Crippen LogP contribution in [0.25, 0.3) is 5.69 Å². The predicted molar refractivity (Wildman–Crippen MR) is 97.8 cm³/mol. The van der Waals surface area contributed by atoms with Crippen LogP contribution in [-0.2, 0) is 4.74 Å². The molecule has 1 heterocycles. The second-order valence-electron chi connectivity index (χ2n) is 5.30. The van der Waals surface area contributed by atoms with Crippen LogP contribution >= 0.6 is 11.6 Å². The number of nitrogens with zero attached hydrogens (tertiary/aromatic N) is 2. The van der Waals surface area contributed by atoms with Crippen LogP contribution in [0.2, 0.25) is 5.02 Å². The lowest BCUT2D eigenvalue weighted by molar-refractivity contribution is 0.0593. The Morgan fingerprint density at radius 1 is 1.19 bits per heavy atom. The zero-order valence-electron chi connectivity index (χ0n) is 13.8. The maximum Gasteiger partial charge on any atom is 0.357 e. The Kier molecular flexibility index (Phi) is 4.83. The molecule has 1 aromatic heterocycles. The Hall–Kier alpha value is -3.43. The van der Waals surface area contributed by atoms with Gasteiger partial charge in [-0.1, -0.05) is 23.7 Å². The summed E-state index contributed by atoms with van der Waals surface area (Å²) in [5, 5.41) is 9.67. The second kappa shape index (κ2) is 7.21. The molecule has 0 bridgehead atoms. The van der Waals surface area contributed by atoms with Crippen molar-refractivity contribution in [2.45, 2.75) is 0 Å². The summed E-state index contributed by atoms with van der Waals surface area (Å²) < 4.78 is 12.0. The summed E-state index contributed by atoms with van der Waals surface area (Å²) >= 11 is 6.08. The summed E-state index contributed by atoms with van der Waals surface area (Å²) in [4.78, 5) is 12.0. The zero-order chi connectivity index (χ0) is 18.7. The molecule has 130 valence electrons. The summed E-state index contributed by atoms with van der Waals surface area (Å²) in [6.07, 6.45) is 1.49. The fourth-order valence-electron chi connectivity index (χ4n) is 2.45. The molecular weight excluding hydrogens is 354 g/mol. The maximum absolute atomic E-state index is 12.0. The minimum absolute atomic E-state index is 0.0794. The first-order valence-electron chi connectivity index (χ1n) is 7.57. The van der Waals surface area contributed by atoms with Crippen LogP contribution in [0, 0.1) is 11.3 Å². The van der Waals surface area contributed by atoms with E-state index in [-0.39, 0.29) is 16.9 Å². The van der Waals surface area contributed by atoms with Crippen LogP contribution in [0.5, 0.6) is 11.5 Å². The molecule has 0 unspecified atom stereocenters. The van der Waals surface area contributed by atoms with E-state index in [2.05, 4.69) is 0 Å². The van der Waals surface area contributed by atoms with Crippen molar-refractivity contribution in [2.75, 3.05) is 12.8 Å². The number of benzene rings is 2. The van der Waals surface area contributed by atoms with Gasteiger partial charge < -0.3 is 19.8 Å². The fourth-order valence-corrected chi connectivity index (χ4v) is 2.62. The molecule has 0 saturated heterocycles. The van der Waals surface area contributed by atoms with Gasteiger partial charge in [-0.05, 0) is 36.4 Å². The molecule has 0 aliphatic carbocycles. The van der Waals surface area contributed by atoms with Crippen molar-refractivity contribution in [3.8, 4) is 23.3 Å². The first-order valence-corrected chi connectivity index (χ1v) is 7.95. The number of halogens is 1. The van der Waals surface area contributed by atoms with Gasteiger partial charge in [0.05, 0.1) is 23.4 Å². The van der Waals surface area contributed by atoms with Gasteiger partial charge in [0.2, 0.25) is 0 Å². The van der Waals surface area contributed by atoms with Gasteiger partial charge in [0, 0.05) is 11.9 Å². The molecule has 0 aliphatic heterocycles. The normalized spacial score (nSPS) is 10.2. The highest BCUT2D eigenvalue weighted by Gasteiger charge is 2.21. The first kappa shape index (κ1) is 17.4. The van der Waals surface area contributed by atoms with Crippen LogP contribution in [0.3, 0.4) is 0 Å². The van der Waals surface area contributed by atoms with E-state index in [0.717, 1.165) is 0 Å². The molecule has 6 nitrogen and oxygen atoms in total. The van der Waals surface area contributed by atoms with Crippen LogP contribution in [0.4, 0.5) is 5.69 Å². The molecule has 0 saturated carbocycles. The number of ether oxygens (including phenoxy) is 2. The smallest absolute Gasteiger partial charge is 0.357 e. The standard InChI is InChI=1S/C19H14ClN3O3/c1-25-19(24)18-17(22)12(10-21)11-23(18)13-6-8-14(9-7-13)26-16-5-3-2-4-15(16)20/h2-9,11H,22H2,1H3.